The minimum Gasteiger partial charge on any atom is -0.493 e. The van der Waals surface area contributed by atoms with Crippen molar-refractivity contribution >= 4 is 51.0 Å². The number of rotatable bonds is 18. The number of ether oxygens (including phenoxy) is 2. The van der Waals surface area contributed by atoms with E-state index in [1.54, 1.807) is 42.2 Å². The molecule has 0 aromatic heterocycles. The molecule has 0 bridgehead atoms. The van der Waals surface area contributed by atoms with Gasteiger partial charge in [-0.05, 0) is 124 Å². The molecule has 3 aromatic rings. The summed E-state index contributed by atoms with van der Waals surface area (Å²) < 4.78 is 36.6. The van der Waals surface area contributed by atoms with Gasteiger partial charge in [-0.2, -0.15) is 0 Å². The largest absolute Gasteiger partial charge is 0.493 e. The van der Waals surface area contributed by atoms with Crippen molar-refractivity contribution < 1.29 is 46.7 Å². The molecule has 0 spiro atoms. The molecule has 2 fully saturated rings. The number of likely N-dealkylation sites (tertiary alicyclic amines) is 1. The van der Waals surface area contributed by atoms with Gasteiger partial charge in [0.25, 0.3) is 17.7 Å². The number of aryl methyl sites for hydroxylation is 1. The summed E-state index contributed by atoms with van der Waals surface area (Å²) in [5.74, 6) is -1.95. The molecule has 4 aliphatic rings. The quantitative estimate of drug-likeness (QED) is 0.120. The Hall–Kier alpha value is -5.61. The third-order valence-corrected chi connectivity index (χ3v) is 13.5. The number of imide groups is 2. The molecule has 7 rings (SSSR count). The maximum Gasteiger partial charge on any atom is 0.264 e. The summed E-state index contributed by atoms with van der Waals surface area (Å²) in [6, 6.07) is 12.4. The number of piperidine rings is 2. The molecule has 0 aliphatic carbocycles. The number of benzene rings is 3. The number of nitrogens with one attached hydrogen (secondary N) is 2. The number of sulfone groups is 1. The fraction of sp³-hybridized carbons (Fsp3) is 0.489. The predicted molar refractivity (Wildman–Crippen MR) is 236 cm³/mol. The van der Waals surface area contributed by atoms with Crippen LogP contribution < -0.4 is 20.1 Å². The lowest BCUT2D eigenvalue weighted by atomic mass is 9.85. The van der Waals surface area contributed by atoms with Gasteiger partial charge in [0.1, 0.15) is 15.9 Å². The average molecular weight is 884 g/mol. The van der Waals surface area contributed by atoms with Crippen LogP contribution in [0.15, 0.2) is 48.5 Å². The van der Waals surface area contributed by atoms with Crippen molar-refractivity contribution in [3.05, 3.63) is 87.5 Å². The van der Waals surface area contributed by atoms with Crippen LogP contribution in [0, 0.1) is 0 Å². The maximum absolute atomic E-state index is 14.1. The maximum atomic E-state index is 14.1. The van der Waals surface area contributed by atoms with Gasteiger partial charge in [-0.1, -0.05) is 37.5 Å². The standard InChI is InChI=1S/C47H57N5O10S/c1-5-62-41-26-32(15-17-40(41)61-3)39(28-63(4,59)60)52-46(57)35-24-30(25-37(48-29(2)53)43(35)47(52)58)12-9-7-6-8-10-21-50-22-19-31(20-23-50)33-13-11-14-34-36(33)27-51(45(34)56)38-16-18-42(54)49-44(38)55/h11,13-15,17,24-26,31,38-39H,5-10,12,16,18-23,27-28H2,1-4H3,(H,48,53)(H,49,54,55)/t38?,39-/m1/s1. The lowest BCUT2D eigenvalue weighted by Crippen LogP contribution is -2.52. The van der Waals surface area contributed by atoms with E-state index in [0.29, 0.717) is 54.5 Å². The summed E-state index contributed by atoms with van der Waals surface area (Å²) in [6.07, 6.45) is 9.18. The summed E-state index contributed by atoms with van der Waals surface area (Å²) in [5.41, 5.74) is 4.44. The van der Waals surface area contributed by atoms with E-state index in [2.05, 4.69) is 21.6 Å². The average Bonchev–Trinajstić information content (AvgIpc) is 3.70. The molecule has 4 aliphatic heterocycles. The second kappa shape index (κ2) is 19.4. The number of methoxy groups -OCH3 is 1. The molecule has 15 nitrogen and oxygen atoms in total. The Labute approximate surface area is 368 Å². The van der Waals surface area contributed by atoms with E-state index in [1.807, 2.05) is 12.1 Å². The van der Waals surface area contributed by atoms with Crippen molar-refractivity contribution in [2.75, 3.05) is 50.7 Å². The number of carbonyl (C=O) groups is 6. The molecule has 16 heteroatoms. The van der Waals surface area contributed by atoms with Crippen molar-refractivity contribution in [1.82, 2.24) is 20.0 Å². The molecule has 6 amide bonds. The molecule has 2 saturated heterocycles. The third kappa shape index (κ3) is 10.1. The highest BCUT2D eigenvalue weighted by molar-refractivity contribution is 7.90. The fourth-order valence-electron chi connectivity index (χ4n) is 9.59. The van der Waals surface area contributed by atoms with E-state index in [4.69, 9.17) is 9.47 Å². The van der Waals surface area contributed by atoms with E-state index in [1.165, 1.54) is 19.6 Å². The summed E-state index contributed by atoms with van der Waals surface area (Å²) >= 11 is 0. The van der Waals surface area contributed by atoms with Gasteiger partial charge in [-0.3, -0.25) is 39.0 Å². The fourth-order valence-corrected chi connectivity index (χ4v) is 10.5. The van der Waals surface area contributed by atoms with Crippen molar-refractivity contribution in [3.63, 3.8) is 0 Å². The van der Waals surface area contributed by atoms with Gasteiger partial charge in [0, 0.05) is 31.7 Å². The van der Waals surface area contributed by atoms with Crippen LogP contribution >= 0.6 is 0 Å². The zero-order chi connectivity index (χ0) is 45.0. The Morgan fingerprint density at radius 1 is 0.889 bits per heavy atom. The Balaban J connectivity index is 0.913. The molecule has 1 unspecified atom stereocenters. The van der Waals surface area contributed by atoms with Gasteiger partial charge in [-0.15, -0.1) is 0 Å². The summed E-state index contributed by atoms with van der Waals surface area (Å²) in [4.78, 5) is 83.3. The van der Waals surface area contributed by atoms with E-state index in [0.717, 1.165) is 86.9 Å². The van der Waals surface area contributed by atoms with Gasteiger partial charge in [0.05, 0.1) is 42.3 Å². The zero-order valence-corrected chi connectivity index (χ0v) is 37.3. The highest BCUT2D eigenvalue weighted by atomic mass is 32.2. The minimum absolute atomic E-state index is 0.0410. The van der Waals surface area contributed by atoms with E-state index in [-0.39, 0.29) is 35.0 Å². The Bertz CT molecular complexity index is 2410. The lowest BCUT2D eigenvalue weighted by Gasteiger charge is -2.33. The van der Waals surface area contributed by atoms with Crippen molar-refractivity contribution in [2.45, 2.75) is 103 Å². The van der Waals surface area contributed by atoms with E-state index in [9.17, 15) is 37.2 Å². The number of hydrogen-bond donors (Lipinski definition) is 2. The number of unbranched alkanes of at least 4 members (excludes halogenated alkanes) is 4. The SMILES string of the molecule is CCOc1cc([C@@H](CS(C)(=O)=O)N2C(=O)c3cc(CCCCCCCN4CCC(c5cccc6c5CN(C5CCC(=O)NC5=O)C6=O)CC4)cc(NC(C)=O)c3C2=O)ccc1OC. The Morgan fingerprint density at radius 2 is 1.63 bits per heavy atom. The zero-order valence-electron chi connectivity index (χ0n) is 36.5. The number of fused-ring (bicyclic) bond motifs is 2. The molecular formula is C47H57N5O10S. The predicted octanol–water partition coefficient (Wildman–Crippen LogP) is 5.57. The van der Waals surface area contributed by atoms with Crippen molar-refractivity contribution in [1.29, 1.82) is 0 Å². The highest BCUT2D eigenvalue weighted by Crippen LogP contribution is 2.40. The normalized spacial score (nSPS) is 18.7. The second-order valence-electron chi connectivity index (χ2n) is 17.1. The molecule has 4 heterocycles. The molecule has 336 valence electrons. The van der Waals surface area contributed by atoms with E-state index >= 15 is 0 Å². The third-order valence-electron chi connectivity index (χ3n) is 12.6. The first kappa shape index (κ1) is 45.4. The van der Waals surface area contributed by atoms with Crippen LogP contribution in [-0.2, 0) is 37.2 Å². The molecular weight excluding hydrogens is 827 g/mol. The van der Waals surface area contributed by atoms with Crippen LogP contribution in [0.4, 0.5) is 5.69 Å². The number of amides is 6. The first-order valence-corrected chi connectivity index (χ1v) is 24.0. The molecule has 0 radical (unpaired) electrons. The van der Waals surface area contributed by atoms with Crippen LogP contribution in [0.25, 0.3) is 0 Å². The van der Waals surface area contributed by atoms with Crippen molar-refractivity contribution in [2.24, 2.45) is 0 Å². The first-order valence-electron chi connectivity index (χ1n) is 22.0. The van der Waals surface area contributed by atoms with Crippen LogP contribution in [0.1, 0.15) is 137 Å². The first-order chi connectivity index (χ1) is 30.2. The molecule has 2 N–H and O–H groups in total. The Kier molecular flexibility index (Phi) is 14.0. The number of carbonyl (C=O) groups excluding carboxylic acids is 6. The van der Waals surface area contributed by atoms with Gasteiger partial charge < -0.3 is 24.6 Å². The molecule has 0 saturated carbocycles. The monoisotopic (exact) mass is 883 g/mol. The van der Waals surface area contributed by atoms with Crippen molar-refractivity contribution in [3.8, 4) is 11.5 Å². The van der Waals surface area contributed by atoms with E-state index < -0.39 is 51.3 Å². The van der Waals surface area contributed by atoms with Gasteiger partial charge >= 0.3 is 0 Å². The smallest absolute Gasteiger partial charge is 0.264 e. The topological polar surface area (TPSA) is 189 Å². The van der Waals surface area contributed by atoms with Gasteiger partial charge in [-0.25, -0.2) is 8.42 Å². The summed E-state index contributed by atoms with van der Waals surface area (Å²) in [6.45, 7) is 6.77. The lowest BCUT2D eigenvalue weighted by molar-refractivity contribution is -0.137. The molecule has 2 atom stereocenters. The van der Waals surface area contributed by atoms with Gasteiger partial charge in [0.15, 0.2) is 11.5 Å². The second-order valence-corrected chi connectivity index (χ2v) is 19.3. The molecule has 3 aromatic carbocycles. The number of nitrogens with zero attached hydrogens (tertiary/aromatic N) is 3. The number of hydrogen-bond acceptors (Lipinski definition) is 11. The molecule has 63 heavy (non-hydrogen) atoms. The minimum atomic E-state index is -3.69. The van der Waals surface area contributed by atoms with Crippen LogP contribution in [0.2, 0.25) is 0 Å². The number of anilines is 1. The van der Waals surface area contributed by atoms with Crippen LogP contribution in [-0.4, -0.2) is 110 Å². The summed E-state index contributed by atoms with van der Waals surface area (Å²) in [7, 11) is -2.21. The summed E-state index contributed by atoms with van der Waals surface area (Å²) in [5, 5.41) is 5.12. The van der Waals surface area contributed by atoms with Crippen LogP contribution in [0.5, 0.6) is 11.5 Å². The Morgan fingerprint density at radius 3 is 2.33 bits per heavy atom. The van der Waals surface area contributed by atoms with Crippen LogP contribution in [0.3, 0.4) is 0 Å². The highest BCUT2D eigenvalue weighted by Gasteiger charge is 2.44. The van der Waals surface area contributed by atoms with Gasteiger partial charge in [0.2, 0.25) is 17.7 Å².